The summed E-state index contributed by atoms with van der Waals surface area (Å²) in [7, 11) is 1.62. The fraction of sp³-hybridized carbons (Fsp3) is 0.353. The van der Waals surface area contributed by atoms with Crippen molar-refractivity contribution in [1.29, 1.82) is 0 Å². The van der Waals surface area contributed by atoms with Gasteiger partial charge < -0.3 is 14.9 Å². The van der Waals surface area contributed by atoms with Crippen LogP contribution in [0.25, 0.3) is 10.8 Å². The Bertz CT molecular complexity index is 656. The molecular weight excluding hydrogens is 300 g/mol. The van der Waals surface area contributed by atoms with E-state index in [-0.39, 0.29) is 5.12 Å². The van der Waals surface area contributed by atoms with Crippen molar-refractivity contribution in [1.82, 2.24) is 0 Å². The quantitative estimate of drug-likeness (QED) is 0.856. The number of carbonyl (C=O) groups is 1. The maximum Gasteiger partial charge on any atom is 0.185 e. The molecule has 0 aliphatic carbocycles. The highest BCUT2D eigenvalue weighted by Crippen LogP contribution is 2.26. The van der Waals surface area contributed by atoms with Crippen molar-refractivity contribution in [3.63, 3.8) is 0 Å². The lowest BCUT2D eigenvalue weighted by Gasteiger charge is -2.18. The predicted octanol–water partition coefficient (Wildman–Crippen LogP) is 2.91. The van der Waals surface area contributed by atoms with Crippen LogP contribution in [0.2, 0.25) is 0 Å². The predicted molar refractivity (Wildman–Crippen MR) is 89.2 cm³/mol. The monoisotopic (exact) mass is 320 g/mol. The maximum atomic E-state index is 10.9. The third-order valence-electron chi connectivity index (χ3n) is 3.50. The van der Waals surface area contributed by atoms with Gasteiger partial charge in [0.15, 0.2) is 5.12 Å². The van der Waals surface area contributed by atoms with Crippen LogP contribution in [0.3, 0.4) is 0 Å². The zero-order valence-electron chi connectivity index (χ0n) is 12.7. The van der Waals surface area contributed by atoms with Crippen LogP contribution in [0.1, 0.15) is 25.0 Å². The van der Waals surface area contributed by atoms with Gasteiger partial charge in [-0.25, -0.2) is 0 Å². The van der Waals surface area contributed by atoms with E-state index in [0.717, 1.165) is 28.3 Å². The van der Waals surface area contributed by atoms with E-state index in [9.17, 15) is 15.0 Å². The molecule has 2 atom stereocenters. The van der Waals surface area contributed by atoms with Crippen molar-refractivity contribution in [2.75, 3.05) is 12.9 Å². The van der Waals surface area contributed by atoms with Gasteiger partial charge in [0, 0.05) is 12.7 Å². The first-order valence-corrected chi connectivity index (χ1v) is 8.07. The van der Waals surface area contributed by atoms with Crippen molar-refractivity contribution in [2.45, 2.75) is 25.6 Å². The molecule has 0 heterocycles. The summed E-state index contributed by atoms with van der Waals surface area (Å²) in [5.41, 5.74) is 0.665. The Morgan fingerprint density at radius 2 is 1.86 bits per heavy atom. The molecule has 0 bridgehead atoms. The fourth-order valence-electron chi connectivity index (χ4n) is 2.26. The number of fused-ring (bicyclic) bond motifs is 1. The lowest BCUT2D eigenvalue weighted by atomic mass is 9.99. The number of carbonyl (C=O) groups excluding carboxylic acids is 1. The number of hydrogen-bond acceptors (Lipinski definition) is 5. The number of aliphatic hydroxyl groups excluding tert-OH is 2. The van der Waals surface area contributed by atoms with Gasteiger partial charge in [-0.1, -0.05) is 30.0 Å². The van der Waals surface area contributed by atoms with Crippen molar-refractivity contribution in [3.8, 4) is 5.75 Å². The fourth-order valence-corrected chi connectivity index (χ4v) is 2.90. The lowest BCUT2D eigenvalue weighted by Crippen LogP contribution is -2.19. The van der Waals surface area contributed by atoms with E-state index in [1.807, 2.05) is 30.3 Å². The summed E-state index contributed by atoms with van der Waals surface area (Å²) in [6.07, 6.45) is -1.48. The van der Waals surface area contributed by atoms with Gasteiger partial charge in [0.2, 0.25) is 0 Å². The largest absolute Gasteiger partial charge is 0.497 e. The Morgan fingerprint density at radius 1 is 1.18 bits per heavy atom. The zero-order chi connectivity index (χ0) is 16.1. The van der Waals surface area contributed by atoms with E-state index in [4.69, 9.17) is 4.74 Å². The molecule has 2 N–H and O–H groups in total. The molecule has 0 saturated carbocycles. The van der Waals surface area contributed by atoms with E-state index in [1.54, 1.807) is 13.2 Å². The highest BCUT2D eigenvalue weighted by atomic mass is 32.2. The minimum absolute atomic E-state index is 0.0151. The van der Waals surface area contributed by atoms with Crippen LogP contribution in [0.15, 0.2) is 36.4 Å². The van der Waals surface area contributed by atoms with Crippen LogP contribution >= 0.6 is 11.8 Å². The second kappa shape index (κ2) is 7.63. The lowest BCUT2D eigenvalue weighted by molar-refractivity contribution is -0.109. The van der Waals surface area contributed by atoms with Crippen molar-refractivity contribution < 1.29 is 19.7 Å². The molecule has 0 spiro atoms. The summed E-state index contributed by atoms with van der Waals surface area (Å²) in [4.78, 5) is 10.9. The van der Waals surface area contributed by atoms with Gasteiger partial charge in [0.05, 0.1) is 13.2 Å². The highest BCUT2D eigenvalue weighted by Gasteiger charge is 2.18. The second-order valence-electron chi connectivity index (χ2n) is 5.11. The van der Waals surface area contributed by atoms with Crippen molar-refractivity contribution in [3.05, 3.63) is 42.0 Å². The van der Waals surface area contributed by atoms with Gasteiger partial charge in [-0.05, 0) is 41.0 Å². The second-order valence-corrected chi connectivity index (χ2v) is 6.39. The third-order valence-corrected chi connectivity index (χ3v) is 4.34. The molecule has 0 aliphatic heterocycles. The first-order valence-electron chi connectivity index (χ1n) is 7.08. The number of benzene rings is 2. The molecule has 5 heteroatoms. The molecule has 4 nitrogen and oxygen atoms in total. The summed E-state index contributed by atoms with van der Waals surface area (Å²) >= 11 is 1.15. The van der Waals surface area contributed by atoms with E-state index < -0.39 is 12.2 Å². The minimum Gasteiger partial charge on any atom is -0.497 e. The number of hydrogen-bond donors (Lipinski definition) is 2. The van der Waals surface area contributed by atoms with Gasteiger partial charge in [-0.15, -0.1) is 0 Å². The number of thioether (sulfide) groups is 1. The Kier molecular flexibility index (Phi) is 5.83. The van der Waals surface area contributed by atoms with Gasteiger partial charge >= 0.3 is 0 Å². The molecular formula is C17H20O4S. The topological polar surface area (TPSA) is 66.8 Å². The van der Waals surface area contributed by atoms with Crippen LogP contribution in [0.5, 0.6) is 5.75 Å². The van der Waals surface area contributed by atoms with Gasteiger partial charge in [0.25, 0.3) is 0 Å². The van der Waals surface area contributed by atoms with Gasteiger partial charge in [-0.2, -0.15) is 0 Å². The molecule has 2 unspecified atom stereocenters. The first kappa shape index (κ1) is 16.8. The molecule has 2 aromatic carbocycles. The number of rotatable bonds is 6. The average Bonchev–Trinajstić information content (AvgIpc) is 2.52. The van der Waals surface area contributed by atoms with Gasteiger partial charge in [-0.3, -0.25) is 4.79 Å². The summed E-state index contributed by atoms with van der Waals surface area (Å²) in [5, 5.41) is 22.3. The normalized spacial score (nSPS) is 13.8. The summed E-state index contributed by atoms with van der Waals surface area (Å²) in [5.74, 6) is 1.28. The Balaban J connectivity index is 2.10. The molecule has 0 amide bonds. The van der Waals surface area contributed by atoms with E-state index in [0.29, 0.717) is 17.7 Å². The molecule has 0 aromatic heterocycles. The van der Waals surface area contributed by atoms with E-state index in [2.05, 4.69) is 0 Å². The molecule has 0 aliphatic rings. The first-order chi connectivity index (χ1) is 10.5. The van der Waals surface area contributed by atoms with Crippen LogP contribution in [0.4, 0.5) is 0 Å². The maximum absolute atomic E-state index is 10.9. The third kappa shape index (κ3) is 4.22. The van der Waals surface area contributed by atoms with Gasteiger partial charge in [0.1, 0.15) is 11.9 Å². The van der Waals surface area contributed by atoms with Crippen molar-refractivity contribution >= 4 is 27.6 Å². The standard InChI is InChI=1S/C17H20O4S/c1-11(18)22-8-7-16(19)17(20)14-4-3-13-10-15(21-2)6-5-12(13)9-14/h3-6,9-10,16-17,19-20H,7-8H2,1-2H3. The van der Waals surface area contributed by atoms with E-state index >= 15 is 0 Å². The van der Waals surface area contributed by atoms with Crippen molar-refractivity contribution in [2.24, 2.45) is 0 Å². The Hall–Kier alpha value is -1.56. The summed E-state index contributed by atoms with van der Waals surface area (Å²) in [6, 6.07) is 11.3. The van der Waals surface area contributed by atoms with Crippen LogP contribution in [-0.2, 0) is 4.79 Å². The number of aliphatic hydroxyl groups is 2. The molecule has 0 saturated heterocycles. The molecule has 22 heavy (non-hydrogen) atoms. The molecule has 0 radical (unpaired) electrons. The Morgan fingerprint density at radius 3 is 2.55 bits per heavy atom. The van der Waals surface area contributed by atoms with E-state index in [1.165, 1.54) is 6.92 Å². The zero-order valence-corrected chi connectivity index (χ0v) is 13.5. The SMILES string of the molecule is COc1ccc2cc(C(O)C(O)CCSC(C)=O)ccc2c1. The number of ether oxygens (including phenoxy) is 1. The summed E-state index contributed by atoms with van der Waals surface area (Å²) < 4.78 is 5.18. The highest BCUT2D eigenvalue weighted by molar-refractivity contribution is 8.13. The molecule has 2 rings (SSSR count). The Labute approximate surface area is 134 Å². The average molecular weight is 320 g/mol. The van der Waals surface area contributed by atoms with Crippen LogP contribution < -0.4 is 4.74 Å². The molecule has 118 valence electrons. The number of methoxy groups -OCH3 is 1. The molecule has 0 fully saturated rings. The smallest absolute Gasteiger partial charge is 0.185 e. The minimum atomic E-state index is -0.959. The summed E-state index contributed by atoms with van der Waals surface area (Å²) in [6.45, 7) is 1.49. The molecule has 2 aromatic rings. The van der Waals surface area contributed by atoms with Crippen LogP contribution in [-0.4, -0.2) is 34.3 Å². The van der Waals surface area contributed by atoms with Crippen LogP contribution in [0, 0.1) is 0 Å².